The number of benzene rings is 1. The van der Waals surface area contributed by atoms with Crippen LogP contribution in [0.1, 0.15) is 36.0 Å². The van der Waals surface area contributed by atoms with Crippen LogP contribution < -0.4 is 10.1 Å². The minimum absolute atomic E-state index is 0.0979. The number of carbonyl (C=O) groups excluding carboxylic acids is 1. The molecule has 0 atom stereocenters. The van der Waals surface area contributed by atoms with Gasteiger partial charge in [-0.05, 0) is 31.0 Å². The minimum atomic E-state index is -3.67. The third kappa shape index (κ3) is 5.20. The Labute approximate surface area is 171 Å². The molecule has 7 nitrogen and oxygen atoms in total. The Hall–Kier alpha value is -1.29. The molecule has 0 radical (unpaired) electrons. The summed E-state index contributed by atoms with van der Waals surface area (Å²) in [6.45, 7) is 1.93. The Balaban J connectivity index is 1.66. The fourth-order valence-electron chi connectivity index (χ4n) is 3.50. The van der Waals surface area contributed by atoms with Crippen LogP contribution in [0.25, 0.3) is 0 Å². The van der Waals surface area contributed by atoms with Crippen molar-refractivity contribution in [1.82, 2.24) is 9.62 Å². The van der Waals surface area contributed by atoms with Gasteiger partial charge in [-0.2, -0.15) is 16.1 Å². The summed E-state index contributed by atoms with van der Waals surface area (Å²) in [5, 5.41) is 3.59. The van der Waals surface area contributed by atoms with Gasteiger partial charge >= 0.3 is 0 Å². The van der Waals surface area contributed by atoms with Crippen LogP contribution in [-0.2, 0) is 14.8 Å². The molecule has 1 saturated carbocycles. The Kier molecular flexibility index (Phi) is 7.62. The van der Waals surface area contributed by atoms with Gasteiger partial charge in [-0.25, -0.2) is 8.42 Å². The Morgan fingerprint density at radius 2 is 2.00 bits per heavy atom. The summed E-state index contributed by atoms with van der Waals surface area (Å²) in [6.07, 6.45) is 5.11. The molecule has 0 spiro atoms. The lowest BCUT2D eigenvalue weighted by Gasteiger charge is -2.26. The summed E-state index contributed by atoms with van der Waals surface area (Å²) in [7, 11) is -2.20. The Morgan fingerprint density at radius 1 is 1.29 bits per heavy atom. The van der Waals surface area contributed by atoms with Crippen LogP contribution in [0.15, 0.2) is 23.1 Å². The Bertz CT molecular complexity index is 773. The highest BCUT2D eigenvalue weighted by atomic mass is 32.2. The third-order valence-electron chi connectivity index (χ3n) is 5.07. The molecule has 1 aliphatic carbocycles. The zero-order valence-electron chi connectivity index (χ0n) is 16.2. The van der Waals surface area contributed by atoms with Crippen molar-refractivity contribution in [2.75, 3.05) is 45.7 Å². The maximum Gasteiger partial charge on any atom is 0.255 e. The van der Waals surface area contributed by atoms with Crippen LogP contribution in [0, 0.1) is 0 Å². The molecule has 0 unspecified atom stereocenters. The second-order valence-corrected chi connectivity index (χ2v) is 10.3. The number of rotatable bonds is 8. The molecule has 1 N–H and O–H groups in total. The topological polar surface area (TPSA) is 84.9 Å². The highest BCUT2D eigenvalue weighted by molar-refractivity contribution is 7.99. The van der Waals surface area contributed by atoms with Crippen molar-refractivity contribution in [3.8, 4) is 5.75 Å². The van der Waals surface area contributed by atoms with Gasteiger partial charge in [-0.3, -0.25) is 4.79 Å². The molecule has 28 heavy (non-hydrogen) atoms. The molecule has 9 heteroatoms. The van der Waals surface area contributed by atoms with Crippen molar-refractivity contribution in [2.45, 2.75) is 35.8 Å². The Morgan fingerprint density at radius 3 is 2.68 bits per heavy atom. The zero-order valence-corrected chi connectivity index (χ0v) is 17.8. The summed E-state index contributed by atoms with van der Waals surface area (Å²) in [5.74, 6) is 0.898. The number of nitrogens with zero attached hydrogens (tertiary/aromatic N) is 1. The summed E-state index contributed by atoms with van der Waals surface area (Å²) >= 11 is 1.90. The lowest BCUT2D eigenvalue weighted by atomic mass is 10.2. The predicted octanol–water partition coefficient (Wildman–Crippen LogP) is 2.12. The molecule has 2 fully saturated rings. The number of carbonyl (C=O) groups is 1. The second-order valence-electron chi connectivity index (χ2n) is 6.91. The van der Waals surface area contributed by atoms with Gasteiger partial charge < -0.3 is 14.8 Å². The molecule has 1 amide bonds. The molecule has 1 aromatic carbocycles. The molecule has 0 bridgehead atoms. The molecule has 1 saturated heterocycles. The number of sulfonamides is 1. The van der Waals surface area contributed by atoms with Crippen molar-refractivity contribution in [2.24, 2.45) is 0 Å². The summed E-state index contributed by atoms with van der Waals surface area (Å²) in [4.78, 5) is 12.7. The van der Waals surface area contributed by atoms with Crippen LogP contribution in [0.5, 0.6) is 5.75 Å². The highest BCUT2D eigenvalue weighted by Crippen LogP contribution is 2.29. The maximum atomic E-state index is 12.9. The number of nitrogens with one attached hydrogen (secondary N) is 1. The lowest BCUT2D eigenvalue weighted by Crippen LogP contribution is -2.40. The number of hydrogen-bond donors (Lipinski definition) is 1. The van der Waals surface area contributed by atoms with Crippen molar-refractivity contribution >= 4 is 27.7 Å². The number of thioether (sulfide) groups is 1. The van der Waals surface area contributed by atoms with E-state index in [0.29, 0.717) is 43.8 Å². The van der Waals surface area contributed by atoms with Gasteiger partial charge in [0.05, 0.1) is 30.8 Å². The standard InChI is InChI=1S/C19H28N2O5S2/c1-25-18-7-6-16(28(23,24)21-9-11-26-12-10-21)14-17(18)19(22)20-8-13-27-15-4-2-3-5-15/h6-7,14-15H,2-5,8-13H2,1H3,(H,20,22). The number of ether oxygens (including phenoxy) is 2. The predicted molar refractivity (Wildman–Crippen MR) is 110 cm³/mol. The van der Waals surface area contributed by atoms with Crippen LogP contribution in [-0.4, -0.2) is 69.6 Å². The molecule has 1 heterocycles. The van der Waals surface area contributed by atoms with Crippen LogP contribution >= 0.6 is 11.8 Å². The number of morpholine rings is 1. The van der Waals surface area contributed by atoms with E-state index < -0.39 is 10.0 Å². The third-order valence-corrected chi connectivity index (χ3v) is 8.34. The summed E-state index contributed by atoms with van der Waals surface area (Å²) < 4.78 is 37.6. The molecular formula is C19H28N2O5S2. The summed E-state index contributed by atoms with van der Waals surface area (Å²) in [6, 6.07) is 4.43. The monoisotopic (exact) mass is 428 g/mol. The van der Waals surface area contributed by atoms with Crippen molar-refractivity contribution in [3.05, 3.63) is 23.8 Å². The first-order valence-electron chi connectivity index (χ1n) is 9.68. The van der Waals surface area contributed by atoms with E-state index >= 15 is 0 Å². The number of methoxy groups -OCH3 is 1. The maximum absolute atomic E-state index is 12.9. The van der Waals surface area contributed by atoms with Gasteiger partial charge in [-0.15, -0.1) is 0 Å². The quantitative estimate of drug-likeness (QED) is 0.639. The van der Waals surface area contributed by atoms with Crippen molar-refractivity contribution in [3.63, 3.8) is 0 Å². The van der Waals surface area contributed by atoms with Gasteiger partial charge in [0, 0.05) is 30.6 Å². The molecular weight excluding hydrogens is 400 g/mol. The van der Waals surface area contributed by atoms with Crippen LogP contribution in [0.2, 0.25) is 0 Å². The van der Waals surface area contributed by atoms with E-state index in [1.807, 2.05) is 11.8 Å². The fourth-order valence-corrected chi connectivity index (χ4v) is 6.16. The normalized spacial score (nSPS) is 18.9. The van der Waals surface area contributed by atoms with Gasteiger partial charge in [0.25, 0.3) is 5.91 Å². The van der Waals surface area contributed by atoms with Gasteiger partial charge in [0.1, 0.15) is 5.75 Å². The molecule has 3 rings (SSSR count). The first kappa shape index (κ1) is 21.4. The molecule has 0 aromatic heterocycles. The second kappa shape index (κ2) is 9.96. The van der Waals surface area contributed by atoms with E-state index in [4.69, 9.17) is 9.47 Å². The van der Waals surface area contributed by atoms with E-state index in [2.05, 4.69) is 5.32 Å². The number of hydrogen-bond acceptors (Lipinski definition) is 6. The van der Waals surface area contributed by atoms with Crippen molar-refractivity contribution < 1.29 is 22.7 Å². The van der Waals surface area contributed by atoms with Gasteiger partial charge in [-0.1, -0.05) is 12.8 Å². The average molecular weight is 429 g/mol. The first-order chi connectivity index (χ1) is 13.5. The minimum Gasteiger partial charge on any atom is -0.496 e. The first-order valence-corrected chi connectivity index (χ1v) is 12.2. The molecule has 1 aromatic rings. The highest BCUT2D eigenvalue weighted by Gasteiger charge is 2.28. The van der Waals surface area contributed by atoms with E-state index in [1.54, 1.807) is 0 Å². The molecule has 1 aliphatic heterocycles. The number of amides is 1. The smallest absolute Gasteiger partial charge is 0.255 e. The van der Waals surface area contributed by atoms with Crippen molar-refractivity contribution in [1.29, 1.82) is 0 Å². The van der Waals surface area contributed by atoms with E-state index in [9.17, 15) is 13.2 Å². The molecule has 2 aliphatic rings. The summed E-state index contributed by atoms with van der Waals surface area (Å²) in [5.41, 5.74) is 0.239. The fraction of sp³-hybridized carbons (Fsp3) is 0.632. The average Bonchev–Trinajstić information content (AvgIpc) is 3.24. The van der Waals surface area contributed by atoms with E-state index in [1.165, 1.54) is 55.3 Å². The van der Waals surface area contributed by atoms with Crippen LogP contribution in [0.3, 0.4) is 0 Å². The van der Waals surface area contributed by atoms with Gasteiger partial charge in [0.2, 0.25) is 10.0 Å². The zero-order chi connectivity index (χ0) is 20.0. The largest absolute Gasteiger partial charge is 0.496 e. The van der Waals surface area contributed by atoms with E-state index in [0.717, 1.165) is 5.75 Å². The lowest BCUT2D eigenvalue weighted by molar-refractivity contribution is 0.0730. The van der Waals surface area contributed by atoms with E-state index in [-0.39, 0.29) is 16.4 Å². The van der Waals surface area contributed by atoms with Crippen LogP contribution in [0.4, 0.5) is 0 Å². The molecule has 156 valence electrons. The van der Waals surface area contributed by atoms with Gasteiger partial charge in [0.15, 0.2) is 0 Å². The SMILES string of the molecule is COc1ccc(S(=O)(=O)N2CCOCC2)cc1C(=O)NCCSC1CCCC1.